The van der Waals surface area contributed by atoms with E-state index < -0.39 is 15.9 Å². The highest BCUT2D eigenvalue weighted by Crippen LogP contribution is 2.31. The van der Waals surface area contributed by atoms with Crippen LogP contribution >= 0.6 is 11.6 Å². The van der Waals surface area contributed by atoms with Crippen molar-refractivity contribution in [3.05, 3.63) is 59.2 Å². The molecule has 8 nitrogen and oxygen atoms in total. The number of phenols is 1. The molecule has 1 fully saturated rings. The first-order valence-corrected chi connectivity index (χ1v) is 12.0. The van der Waals surface area contributed by atoms with Crippen LogP contribution < -0.4 is 5.32 Å². The molecule has 1 saturated heterocycles. The van der Waals surface area contributed by atoms with Crippen LogP contribution in [-0.2, 0) is 10.0 Å². The van der Waals surface area contributed by atoms with Gasteiger partial charge in [-0.1, -0.05) is 18.0 Å². The fourth-order valence-electron chi connectivity index (χ4n) is 3.76. The lowest BCUT2D eigenvalue weighted by molar-refractivity contribution is 0.102. The van der Waals surface area contributed by atoms with Crippen molar-refractivity contribution >= 4 is 33.2 Å². The minimum atomic E-state index is -3.57. The second-order valence-corrected chi connectivity index (χ2v) is 10.1. The fourth-order valence-corrected chi connectivity index (χ4v) is 5.63. The molecule has 2 aromatic carbocycles. The van der Waals surface area contributed by atoms with Gasteiger partial charge in [-0.2, -0.15) is 9.40 Å². The van der Waals surface area contributed by atoms with Crippen LogP contribution in [0.15, 0.2) is 53.4 Å². The summed E-state index contributed by atoms with van der Waals surface area (Å²) in [5.41, 5.74) is 1.39. The van der Waals surface area contributed by atoms with Crippen LogP contribution in [0.5, 0.6) is 5.75 Å². The molecule has 32 heavy (non-hydrogen) atoms. The average Bonchev–Trinajstić information content (AvgIpc) is 3.26. The van der Waals surface area contributed by atoms with Gasteiger partial charge in [0.15, 0.2) is 0 Å². The zero-order valence-corrected chi connectivity index (χ0v) is 18.9. The Labute approximate surface area is 191 Å². The van der Waals surface area contributed by atoms with Gasteiger partial charge >= 0.3 is 0 Å². The van der Waals surface area contributed by atoms with Crippen LogP contribution in [0.2, 0.25) is 5.02 Å². The number of hydrogen-bond donors (Lipinski definition) is 3. The molecule has 1 amide bonds. The van der Waals surface area contributed by atoms with Crippen LogP contribution in [0.25, 0.3) is 11.3 Å². The predicted molar refractivity (Wildman–Crippen MR) is 122 cm³/mol. The molecule has 0 unspecified atom stereocenters. The Bertz CT molecular complexity index is 1240. The summed E-state index contributed by atoms with van der Waals surface area (Å²) in [5, 5.41) is 19.9. The Kier molecular flexibility index (Phi) is 6.23. The van der Waals surface area contributed by atoms with Gasteiger partial charge in [-0.3, -0.25) is 9.89 Å². The summed E-state index contributed by atoms with van der Waals surface area (Å²) in [4.78, 5) is 12.8. The zero-order chi connectivity index (χ0) is 22.9. The third-order valence-electron chi connectivity index (χ3n) is 5.52. The zero-order valence-electron chi connectivity index (χ0n) is 17.4. The number of nitrogens with zero attached hydrogens (tertiary/aromatic N) is 2. The van der Waals surface area contributed by atoms with Crippen LogP contribution in [0.4, 0.5) is 5.69 Å². The van der Waals surface area contributed by atoms with Crippen molar-refractivity contribution in [2.75, 3.05) is 11.9 Å². The number of aromatic amines is 1. The number of aromatic hydroxyl groups is 1. The van der Waals surface area contributed by atoms with E-state index in [2.05, 4.69) is 15.5 Å². The van der Waals surface area contributed by atoms with Gasteiger partial charge in [-0.25, -0.2) is 8.42 Å². The minimum Gasteiger partial charge on any atom is -0.507 e. The standard InChI is InChI=1S/C22H23ClN4O4S/c1-14-4-2-3-11-27(14)32(30,31)17-8-6-16(7-9-17)24-22(29)20-13-19(25-26-20)18-12-15(23)5-10-21(18)28/h5-10,12-14,28H,2-4,11H2,1H3,(H,24,29)(H,25,26)/t14-/m0/s1. The molecule has 4 rings (SSSR count). The number of anilines is 1. The van der Waals surface area contributed by atoms with Crippen LogP contribution in [0, 0.1) is 0 Å². The molecule has 10 heteroatoms. The number of nitrogens with one attached hydrogen (secondary N) is 2. The summed E-state index contributed by atoms with van der Waals surface area (Å²) in [7, 11) is -3.57. The minimum absolute atomic E-state index is 0.00678. The SMILES string of the molecule is C[C@H]1CCCCN1S(=O)(=O)c1ccc(NC(=O)c2cc(-c3cc(Cl)ccc3O)n[nH]2)cc1. The van der Waals surface area contributed by atoms with E-state index in [9.17, 15) is 18.3 Å². The Balaban J connectivity index is 1.48. The number of sulfonamides is 1. The van der Waals surface area contributed by atoms with E-state index in [1.54, 1.807) is 28.6 Å². The number of benzene rings is 2. The molecular weight excluding hydrogens is 452 g/mol. The lowest BCUT2D eigenvalue weighted by Gasteiger charge is -2.32. The Morgan fingerprint density at radius 2 is 1.94 bits per heavy atom. The van der Waals surface area contributed by atoms with Crippen molar-refractivity contribution in [3.8, 4) is 17.0 Å². The van der Waals surface area contributed by atoms with E-state index in [1.165, 1.54) is 24.3 Å². The third-order valence-corrected chi connectivity index (χ3v) is 7.78. The maximum absolute atomic E-state index is 12.9. The van der Waals surface area contributed by atoms with Gasteiger partial charge in [0.05, 0.1) is 10.6 Å². The van der Waals surface area contributed by atoms with E-state index in [4.69, 9.17) is 11.6 Å². The number of H-pyrrole nitrogens is 1. The molecule has 3 N–H and O–H groups in total. The number of halogens is 1. The summed E-state index contributed by atoms with van der Waals surface area (Å²) in [6.07, 6.45) is 2.74. The van der Waals surface area contributed by atoms with Gasteiger partial charge in [0.1, 0.15) is 11.4 Å². The monoisotopic (exact) mass is 474 g/mol. The van der Waals surface area contributed by atoms with Gasteiger partial charge in [0.25, 0.3) is 5.91 Å². The molecule has 1 aliphatic heterocycles. The van der Waals surface area contributed by atoms with Gasteiger partial charge in [-0.05, 0) is 68.3 Å². The van der Waals surface area contributed by atoms with Crippen molar-refractivity contribution in [1.82, 2.24) is 14.5 Å². The first-order chi connectivity index (χ1) is 15.3. The number of piperidine rings is 1. The van der Waals surface area contributed by atoms with Crippen molar-refractivity contribution in [1.29, 1.82) is 0 Å². The largest absolute Gasteiger partial charge is 0.507 e. The van der Waals surface area contributed by atoms with Gasteiger partial charge in [0.2, 0.25) is 10.0 Å². The van der Waals surface area contributed by atoms with Gasteiger partial charge in [-0.15, -0.1) is 0 Å². The molecule has 0 spiro atoms. The number of carbonyl (C=O) groups is 1. The molecule has 1 aliphatic rings. The highest BCUT2D eigenvalue weighted by Gasteiger charge is 2.30. The lowest BCUT2D eigenvalue weighted by atomic mass is 10.1. The molecule has 1 aromatic heterocycles. The van der Waals surface area contributed by atoms with Gasteiger partial charge in [0, 0.05) is 28.9 Å². The van der Waals surface area contributed by atoms with Crippen molar-refractivity contribution in [2.45, 2.75) is 37.1 Å². The molecule has 168 valence electrons. The first kappa shape index (κ1) is 22.3. The first-order valence-electron chi connectivity index (χ1n) is 10.2. The second kappa shape index (κ2) is 8.93. The second-order valence-electron chi connectivity index (χ2n) is 7.77. The van der Waals surface area contributed by atoms with E-state index in [0.717, 1.165) is 19.3 Å². The highest BCUT2D eigenvalue weighted by molar-refractivity contribution is 7.89. The van der Waals surface area contributed by atoms with Crippen LogP contribution in [0.3, 0.4) is 0 Å². The lowest BCUT2D eigenvalue weighted by Crippen LogP contribution is -2.41. The number of carbonyl (C=O) groups excluding carboxylic acids is 1. The van der Waals surface area contributed by atoms with Crippen molar-refractivity contribution < 1.29 is 18.3 Å². The number of rotatable bonds is 5. The predicted octanol–water partition coefficient (Wildman–Crippen LogP) is 4.25. The van der Waals surface area contributed by atoms with Crippen molar-refractivity contribution in [2.24, 2.45) is 0 Å². The Morgan fingerprint density at radius 3 is 2.66 bits per heavy atom. The maximum Gasteiger partial charge on any atom is 0.273 e. The molecule has 0 aliphatic carbocycles. The van der Waals surface area contributed by atoms with E-state index in [-0.39, 0.29) is 22.4 Å². The topological polar surface area (TPSA) is 115 Å². The Hall–Kier alpha value is -2.88. The number of aromatic nitrogens is 2. The van der Waals surface area contributed by atoms with Crippen LogP contribution in [0.1, 0.15) is 36.7 Å². The van der Waals surface area contributed by atoms with Gasteiger partial charge < -0.3 is 10.4 Å². The molecule has 1 atom stereocenters. The van der Waals surface area contributed by atoms with Crippen LogP contribution in [-0.4, -0.2) is 46.5 Å². The summed E-state index contributed by atoms with van der Waals surface area (Å²) < 4.78 is 27.4. The summed E-state index contributed by atoms with van der Waals surface area (Å²) in [6, 6.07) is 12.1. The summed E-state index contributed by atoms with van der Waals surface area (Å²) in [6.45, 7) is 2.44. The van der Waals surface area contributed by atoms with E-state index >= 15 is 0 Å². The molecule has 3 aromatic rings. The average molecular weight is 475 g/mol. The number of hydrogen-bond acceptors (Lipinski definition) is 5. The van der Waals surface area contributed by atoms with E-state index in [1.807, 2.05) is 6.92 Å². The molecule has 0 bridgehead atoms. The van der Waals surface area contributed by atoms with E-state index in [0.29, 0.717) is 28.5 Å². The normalized spacial score (nSPS) is 17.2. The molecular formula is C22H23ClN4O4S. The smallest absolute Gasteiger partial charge is 0.273 e. The third kappa shape index (κ3) is 4.50. The van der Waals surface area contributed by atoms with Crippen molar-refractivity contribution in [3.63, 3.8) is 0 Å². The quantitative estimate of drug-likeness (QED) is 0.511. The molecule has 2 heterocycles. The molecule has 0 saturated carbocycles. The Morgan fingerprint density at radius 1 is 1.19 bits per heavy atom. The summed E-state index contributed by atoms with van der Waals surface area (Å²) in [5.74, 6) is -0.460. The maximum atomic E-state index is 12.9. The number of phenolic OH excluding ortho intramolecular Hbond substituents is 1. The summed E-state index contributed by atoms with van der Waals surface area (Å²) >= 11 is 5.97. The number of amides is 1. The highest BCUT2D eigenvalue weighted by atomic mass is 35.5. The fraction of sp³-hybridized carbons (Fsp3) is 0.273. The molecule has 0 radical (unpaired) electrons.